The van der Waals surface area contributed by atoms with Gasteiger partial charge in [-0.3, -0.25) is 24.7 Å². The van der Waals surface area contributed by atoms with E-state index in [0.29, 0.717) is 42.9 Å². The lowest BCUT2D eigenvalue weighted by atomic mass is 10.0. The molecule has 1 aromatic carbocycles. The van der Waals surface area contributed by atoms with Gasteiger partial charge in [0, 0.05) is 43.7 Å². The minimum absolute atomic E-state index is 0.0339. The first-order chi connectivity index (χ1) is 15.4. The van der Waals surface area contributed by atoms with Crippen LogP contribution in [0.25, 0.3) is 5.69 Å². The summed E-state index contributed by atoms with van der Waals surface area (Å²) >= 11 is 0. The van der Waals surface area contributed by atoms with Gasteiger partial charge in [-0.25, -0.2) is 4.68 Å². The summed E-state index contributed by atoms with van der Waals surface area (Å²) in [5, 5.41) is 22.1. The molecule has 3 heterocycles. The molecule has 0 spiro atoms. The fraction of sp³-hybridized carbons (Fsp3) is 0.286. The highest BCUT2D eigenvalue weighted by Gasteiger charge is 2.28. The van der Waals surface area contributed by atoms with Crippen LogP contribution >= 0.6 is 0 Å². The Hall–Kier alpha value is -4.15. The van der Waals surface area contributed by atoms with E-state index in [4.69, 9.17) is 0 Å². The molecule has 1 fully saturated rings. The first-order valence-electron chi connectivity index (χ1n) is 10.1. The number of benzene rings is 1. The second kappa shape index (κ2) is 8.92. The highest BCUT2D eigenvalue weighted by molar-refractivity contribution is 5.94. The van der Waals surface area contributed by atoms with E-state index in [-0.39, 0.29) is 29.2 Å². The number of nitrogens with one attached hydrogen (secondary N) is 1. The Morgan fingerprint density at radius 1 is 1.19 bits per heavy atom. The van der Waals surface area contributed by atoms with Crippen molar-refractivity contribution >= 4 is 17.5 Å². The van der Waals surface area contributed by atoms with Crippen LogP contribution in [-0.2, 0) is 0 Å². The normalized spacial score (nSPS) is 14.2. The highest BCUT2D eigenvalue weighted by Crippen LogP contribution is 2.20. The van der Waals surface area contributed by atoms with Crippen LogP contribution < -0.4 is 5.32 Å². The zero-order valence-electron chi connectivity index (χ0n) is 17.3. The van der Waals surface area contributed by atoms with Gasteiger partial charge < -0.3 is 10.2 Å². The molecule has 1 aliphatic heterocycles. The van der Waals surface area contributed by atoms with Crippen molar-refractivity contribution in [3.05, 3.63) is 75.9 Å². The van der Waals surface area contributed by atoms with E-state index in [1.807, 2.05) is 0 Å². The molecule has 0 bridgehead atoms. The molecule has 11 nitrogen and oxygen atoms in total. The number of carbonyl (C=O) groups is 2. The number of hydrogen-bond donors (Lipinski definition) is 1. The van der Waals surface area contributed by atoms with Crippen molar-refractivity contribution < 1.29 is 14.5 Å². The molecule has 32 heavy (non-hydrogen) atoms. The third-order valence-electron chi connectivity index (χ3n) is 5.42. The summed E-state index contributed by atoms with van der Waals surface area (Å²) in [6.45, 7) is 2.65. The van der Waals surface area contributed by atoms with E-state index in [1.54, 1.807) is 42.3 Å². The number of carbonyl (C=O) groups excluding carboxylic acids is 2. The van der Waals surface area contributed by atoms with E-state index in [1.165, 1.54) is 23.0 Å². The Morgan fingerprint density at radius 3 is 2.66 bits per heavy atom. The number of nitrogens with zero attached hydrogens (tertiary/aromatic N) is 6. The van der Waals surface area contributed by atoms with Gasteiger partial charge in [-0.05, 0) is 38.0 Å². The number of nitro groups is 1. The predicted molar refractivity (Wildman–Crippen MR) is 113 cm³/mol. The topological polar surface area (TPSA) is 136 Å². The van der Waals surface area contributed by atoms with Crippen molar-refractivity contribution in [3.63, 3.8) is 0 Å². The molecule has 2 amide bonds. The SMILES string of the molecule is Cc1c(C(=O)N2CCC(NC(=O)c3cccnc3)CC2)nnn1-c1cccc([N+](=O)[O-])c1. The maximum Gasteiger partial charge on any atom is 0.276 e. The predicted octanol–water partition coefficient (Wildman–Crippen LogP) is 1.91. The number of rotatable bonds is 5. The summed E-state index contributed by atoms with van der Waals surface area (Å²) in [6, 6.07) is 9.37. The number of hydrogen-bond acceptors (Lipinski definition) is 7. The summed E-state index contributed by atoms with van der Waals surface area (Å²) in [7, 11) is 0. The maximum absolute atomic E-state index is 13.0. The van der Waals surface area contributed by atoms with Crippen molar-refractivity contribution in [2.75, 3.05) is 13.1 Å². The molecule has 11 heteroatoms. The van der Waals surface area contributed by atoms with E-state index < -0.39 is 4.92 Å². The quantitative estimate of drug-likeness (QED) is 0.477. The van der Waals surface area contributed by atoms with Gasteiger partial charge in [-0.1, -0.05) is 11.3 Å². The van der Waals surface area contributed by atoms with Gasteiger partial charge in [0.25, 0.3) is 17.5 Å². The van der Waals surface area contributed by atoms with Crippen molar-refractivity contribution in [1.82, 2.24) is 30.2 Å². The zero-order chi connectivity index (χ0) is 22.7. The number of nitro benzene ring substituents is 1. The van der Waals surface area contributed by atoms with Crippen LogP contribution in [0, 0.1) is 17.0 Å². The molecule has 1 saturated heterocycles. The second-order valence-corrected chi connectivity index (χ2v) is 7.49. The number of piperidine rings is 1. The zero-order valence-corrected chi connectivity index (χ0v) is 17.3. The van der Waals surface area contributed by atoms with Crippen molar-refractivity contribution in [2.45, 2.75) is 25.8 Å². The molecule has 2 aromatic heterocycles. The summed E-state index contributed by atoms with van der Waals surface area (Å²) in [5.74, 6) is -0.435. The van der Waals surface area contributed by atoms with E-state index in [2.05, 4.69) is 20.6 Å². The molecule has 3 aromatic rings. The molecule has 1 aliphatic rings. The molecule has 0 unspecified atom stereocenters. The van der Waals surface area contributed by atoms with Crippen LogP contribution in [0.5, 0.6) is 0 Å². The lowest BCUT2D eigenvalue weighted by Gasteiger charge is -2.32. The van der Waals surface area contributed by atoms with Crippen LogP contribution in [0.2, 0.25) is 0 Å². The van der Waals surface area contributed by atoms with Crippen molar-refractivity contribution in [1.29, 1.82) is 0 Å². The highest BCUT2D eigenvalue weighted by atomic mass is 16.6. The van der Waals surface area contributed by atoms with Crippen LogP contribution in [0.4, 0.5) is 5.69 Å². The average molecular weight is 435 g/mol. The molecule has 0 radical (unpaired) electrons. The van der Waals surface area contributed by atoms with Gasteiger partial charge in [0.2, 0.25) is 0 Å². The molecule has 1 N–H and O–H groups in total. The first-order valence-corrected chi connectivity index (χ1v) is 10.1. The standard InChI is InChI=1S/C21H21N7O4/c1-14-19(24-25-27(14)17-5-2-6-18(12-17)28(31)32)21(30)26-10-7-16(8-11-26)23-20(29)15-4-3-9-22-13-15/h2-6,9,12-13,16H,7-8,10-11H2,1H3,(H,23,29). The molecule has 0 atom stereocenters. The second-order valence-electron chi connectivity index (χ2n) is 7.49. The van der Waals surface area contributed by atoms with E-state index in [0.717, 1.165) is 0 Å². The number of non-ortho nitro benzene ring substituents is 1. The number of amides is 2. The minimum Gasteiger partial charge on any atom is -0.349 e. The average Bonchev–Trinajstić information content (AvgIpc) is 3.21. The van der Waals surface area contributed by atoms with Crippen LogP contribution in [0.1, 0.15) is 39.4 Å². The van der Waals surface area contributed by atoms with Crippen LogP contribution in [-0.4, -0.2) is 60.7 Å². The number of likely N-dealkylation sites (tertiary alicyclic amines) is 1. The van der Waals surface area contributed by atoms with Gasteiger partial charge in [-0.15, -0.1) is 5.10 Å². The Morgan fingerprint density at radius 2 is 1.97 bits per heavy atom. The van der Waals surface area contributed by atoms with E-state index >= 15 is 0 Å². The Labute approximate surface area is 183 Å². The lowest BCUT2D eigenvalue weighted by molar-refractivity contribution is -0.384. The van der Waals surface area contributed by atoms with Crippen LogP contribution in [0.3, 0.4) is 0 Å². The molecule has 0 saturated carbocycles. The Kier molecular flexibility index (Phi) is 5.88. The largest absolute Gasteiger partial charge is 0.349 e. The van der Waals surface area contributed by atoms with Crippen molar-refractivity contribution in [3.8, 4) is 5.69 Å². The first kappa shape index (κ1) is 21.1. The van der Waals surface area contributed by atoms with Crippen LogP contribution in [0.15, 0.2) is 48.8 Å². The summed E-state index contributed by atoms with van der Waals surface area (Å²) in [4.78, 5) is 41.5. The molecular weight excluding hydrogens is 414 g/mol. The molecular formula is C21H21N7O4. The Balaban J connectivity index is 1.40. The third kappa shape index (κ3) is 4.31. The molecule has 4 rings (SSSR count). The minimum atomic E-state index is -0.487. The van der Waals surface area contributed by atoms with Gasteiger partial charge in [0.05, 0.1) is 21.9 Å². The number of pyridine rings is 1. The van der Waals surface area contributed by atoms with Gasteiger partial charge in [0.1, 0.15) is 0 Å². The summed E-state index contributed by atoms with van der Waals surface area (Å²) in [5.41, 5.74) is 1.59. The Bertz CT molecular complexity index is 1150. The summed E-state index contributed by atoms with van der Waals surface area (Å²) in [6.07, 6.45) is 4.37. The molecule has 164 valence electrons. The maximum atomic E-state index is 13.0. The summed E-state index contributed by atoms with van der Waals surface area (Å²) < 4.78 is 1.42. The monoisotopic (exact) mass is 435 g/mol. The fourth-order valence-corrected chi connectivity index (χ4v) is 3.65. The van der Waals surface area contributed by atoms with E-state index in [9.17, 15) is 19.7 Å². The lowest BCUT2D eigenvalue weighted by Crippen LogP contribution is -2.46. The van der Waals surface area contributed by atoms with Gasteiger partial charge in [-0.2, -0.15) is 0 Å². The van der Waals surface area contributed by atoms with Gasteiger partial charge in [0.15, 0.2) is 5.69 Å². The van der Waals surface area contributed by atoms with Gasteiger partial charge >= 0.3 is 0 Å². The fourth-order valence-electron chi connectivity index (χ4n) is 3.65. The smallest absolute Gasteiger partial charge is 0.276 e. The number of aromatic nitrogens is 4. The third-order valence-corrected chi connectivity index (χ3v) is 5.42. The van der Waals surface area contributed by atoms with Crippen molar-refractivity contribution in [2.24, 2.45) is 0 Å². The molecule has 0 aliphatic carbocycles.